The molecule has 106 valence electrons. The SMILES string of the molecule is C=C1C(=O)O[C@H]2C[C@@H](C)[C@@H]3C[C@@H](O)[C@@H](O)[C@@]3(C)C[C@H]12. The van der Waals surface area contributed by atoms with Gasteiger partial charge in [-0.1, -0.05) is 20.4 Å². The van der Waals surface area contributed by atoms with E-state index >= 15 is 0 Å². The van der Waals surface area contributed by atoms with Gasteiger partial charge in [-0.25, -0.2) is 4.79 Å². The first kappa shape index (κ1) is 13.1. The summed E-state index contributed by atoms with van der Waals surface area (Å²) in [6.45, 7) is 8.02. The lowest BCUT2D eigenvalue weighted by Gasteiger charge is -2.36. The third kappa shape index (κ3) is 1.69. The number of hydrogen-bond donors (Lipinski definition) is 2. The number of carbonyl (C=O) groups is 1. The smallest absolute Gasteiger partial charge is 0.334 e. The zero-order valence-corrected chi connectivity index (χ0v) is 11.5. The molecule has 0 radical (unpaired) electrons. The summed E-state index contributed by atoms with van der Waals surface area (Å²) in [5.41, 5.74) is 0.183. The lowest BCUT2D eigenvalue weighted by Crippen LogP contribution is -2.38. The van der Waals surface area contributed by atoms with E-state index in [4.69, 9.17) is 4.74 Å². The second kappa shape index (κ2) is 4.06. The van der Waals surface area contributed by atoms with Crippen molar-refractivity contribution in [1.29, 1.82) is 0 Å². The molecule has 19 heavy (non-hydrogen) atoms. The predicted octanol–water partition coefficient (Wildman–Crippen LogP) is 1.26. The quantitative estimate of drug-likeness (QED) is 0.512. The Morgan fingerprint density at radius 1 is 1.37 bits per heavy atom. The van der Waals surface area contributed by atoms with Crippen molar-refractivity contribution in [3.8, 4) is 0 Å². The average molecular weight is 266 g/mol. The van der Waals surface area contributed by atoms with Crippen LogP contribution in [0.5, 0.6) is 0 Å². The molecule has 0 bridgehead atoms. The molecule has 0 amide bonds. The maximum atomic E-state index is 11.7. The van der Waals surface area contributed by atoms with Gasteiger partial charge >= 0.3 is 5.97 Å². The number of rotatable bonds is 0. The van der Waals surface area contributed by atoms with Crippen LogP contribution in [0.25, 0.3) is 0 Å². The van der Waals surface area contributed by atoms with Crippen LogP contribution >= 0.6 is 0 Å². The van der Waals surface area contributed by atoms with Crippen LogP contribution in [-0.4, -0.2) is 34.5 Å². The molecule has 0 spiro atoms. The molecule has 1 aliphatic heterocycles. The minimum absolute atomic E-state index is 0.00935. The van der Waals surface area contributed by atoms with Crippen molar-refractivity contribution in [2.24, 2.45) is 23.2 Å². The summed E-state index contributed by atoms with van der Waals surface area (Å²) in [6, 6.07) is 0. The number of ether oxygens (including phenoxy) is 1. The third-order valence-corrected chi connectivity index (χ3v) is 5.75. The Morgan fingerprint density at radius 3 is 2.74 bits per heavy atom. The van der Waals surface area contributed by atoms with Crippen molar-refractivity contribution in [2.45, 2.75) is 51.4 Å². The largest absolute Gasteiger partial charge is 0.458 e. The molecule has 3 aliphatic rings. The maximum Gasteiger partial charge on any atom is 0.334 e. The zero-order chi connectivity index (χ0) is 13.9. The molecule has 2 N–H and O–H groups in total. The van der Waals surface area contributed by atoms with Gasteiger partial charge in [0.05, 0.1) is 12.2 Å². The molecule has 0 aromatic rings. The van der Waals surface area contributed by atoms with E-state index in [9.17, 15) is 15.0 Å². The molecule has 0 aromatic heterocycles. The van der Waals surface area contributed by atoms with Crippen molar-refractivity contribution in [2.75, 3.05) is 0 Å². The van der Waals surface area contributed by atoms with Crippen LogP contribution in [0.4, 0.5) is 0 Å². The van der Waals surface area contributed by atoms with Gasteiger partial charge < -0.3 is 14.9 Å². The first-order chi connectivity index (χ1) is 8.84. The highest BCUT2D eigenvalue weighted by Gasteiger charge is 2.58. The van der Waals surface area contributed by atoms with Crippen molar-refractivity contribution in [1.82, 2.24) is 0 Å². The molecule has 4 heteroatoms. The molecule has 3 rings (SSSR count). The van der Waals surface area contributed by atoms with Crippen LogP contribution in [0.15, 0.2) is 12.2 Å². The number of hydrogen-bond acceptors (Lipinski definition) is 4. The molecule has 1 heterocycles. The first-order valence-corrected chi connectivity index (χ1v) is 7.10. The molecule has 0 unspecified atom stereocenters. The fraction of sp³-hybridized carbons (Fsp3) is 0.800. The summed E-state index contributed by atoms with van der Waals surface area (Å²) in [5.74, 6) is 0.294. The van der Waals surface area contributed by atoms with Crippen molar-refractivity contribution in [3.05, 3.63) is 12.2 Å². The van der Waals surface area contributed by atoms with Crippen LogP contribution in [0.1, 0.15) is 33.1 Å². The summed E-state index contributed by atoms with van der Waals surface area (Å²) in [5, 5.41) is 20.4. The lowest BCUT2D eigenvalue weighted by atomic mass is 9.69. The highest BCUT2D eigenvalue weighted by molar-refractivity contribution is 5.90. The number of carbonyl (C=O) groups excluding carboxylic acids is 1. The number of aliphatic hydroxyl groups is 2. The number of esters is 1. The predicted molar refractivity (Wildman–Crippen MR) is 69.1 cm³/mol. The molecule has 3 fully saturated rings. The van der Waals surface area contributed by atoms with E-state index in [1.165, 1.54) is 0 Å². The Bertz CT molecular complexity index is 432. The molecule has 2 saturated carbocycles. The Kier molecular flexibility index (Phi) is 2.81. The van der Waals surface area contributed by atoms with E-state index in [1.54, 1.807) is 0 Å². The van der Waals surface area contributed by atoms with Crippen LogP contribution in [-0.2, 0) is 9.53 Å². The van der Waals surface area contributed by atoms with Gasteiger partial charge in [0.2, 0.25) is 0 Å². The van der Waals surface area contributed by atoms with E-state index in [0.29, 0.717) is 24.3 Å². The Hall–Kier alpha value is -0.870. The van der Waals surface area contributed by atoms with Crippen LogP contribution < -0.4 is 0 Å². The minimum Gasteiger partial charge on any atom is -0.458 e. The fourth-order valence-electron chi connectivity index (χ4n) is 4.61. The van der Waals surface area contributed by atoms with E-state index in [2.05, 4.69) is 13.5 Å². The molecule has 7 atom stereocenters. The summed E-state index contributed by atoms with van der Waals surface area (Å²) in [7, 11) is 0. The Balaban J connectivity index is 1.97. The van der Waals surface area contributed by atoms with Crippen molar-refractivity contribution >= 4 is 5.97 Å². The number of fused-ring (bicyclic) bond motifs is 2. The molecule has 1 saturated heterocycles. The van der Waals surface area contributed by atoms with Gasteiger partial charge in [-0.2, -0.15) is 0 Å². The monoisotopic (exact) mass is 266 g/mol. The fourth-order valence-corrected chi connectivity index (χ4v) is 4.61. The second-order valence-corrected chi connectivity index (χ2v) is 6.85. The van der Waals surface area contributed by atoms with Crippen LogP contribution in [0.3, 0.4) is 0 Å². The minimum atomic E-state index is -0.720. The molecule has 2 aliphatic carbocycles. The van der Waals surface area contributed by atoms with E-state index in [0.717, 1.165) is 6.42 Å². The number of aliphatic hydroxyl groups excluding tert-OH is 2. The lowest BCUT2D eigenvalue weighted by molar-refractivity contribution is -0.139. The van der Waals surface area contributed by atoms with Crippen LogP contribution in [0.2, 0.25) is 0 Å². The van der Waals surface area contributed by atoms with Gasteiger partial charge in [0, 0.05) is 11.5 Å². The Labute approximate surface area is 113 Å². The van der Waals surface area contributed by atoms with Crippen molar-refractivity contribution in [3.63, 3.8) is 0 Å². The molecule has 0 aromatic carbocycles. The zero-order valence-electron chi connectivity index (χ0n) is 11.5. The van der Waals surface area contributed by atoms with E-state index < -0.39 is 12.2 Å². The average Bonchev–Trinajstić information content (AvgIpc) is 2.68. The Morgan fingerprint density at radius 2 is 2.05 bits per heavy atom. The summed E-state index contributed by atoms with van der Waals surface area (Å²) in [4.78, 5) is 11.7. The molecular formula is C15H22O4. The van der Waals surface area contributed by atoms with Crippen LogP contribution in [0, 0.1) is 23.2 Å². The van der Waals surface area contributed by atoms with Gasteiger partial charge in [0.25, 0.3) is 0 Å². The second-order valence-electron chi connectivity index (χ2n) is 6.85. The van der Waals surface area contributed by atoms with E-state index in [1.807, 2.05) is 6.92 Å². The normalized spacial score (nSPS) is 53.5. The molecular weight excluding hydrogens is 244 g/mol. The van der Waals surface area contributed by atoms with E-state index in [-0.39, 0.29) is 29.3 Å². The summed E-state index contributed by atoms with van der Waals surface area (Å²) in [6.07, 6.45) is 0.646. The third-order valence-electron chi connectivity index (χ3n) is 5.75. The standard InChI is InChI=1S/C15H22O4/c1-7-4-12-9(8(2)14(18)19-12)6-15(3)10(7)5-11(16)13(15)17/h7,9-13,16-17H,2,4-6H2,1,3H3/t7-,9-,10+,11-,12+,13-,15+/m1/s1. The van der Waals surface area contributed by atoms with Gasteiger partial charge in [-0.15, -0.1) is 0 Å². The molecule has 4 nitrogen and oxygen atoms in total. The summed E-state index contributed by atoms with van der Waals surface area (Å²) < 4.78 is 5.42. The topological polar surface area (TPSA) is 66.8 Å². The first-order valence-electron chi connectivity index (χ1n) is 7.10. The van der Waals surface area contributed by atoms with Gasteiger partial charge in [0.15, 0.2) is 0 Å². The van der Waals surface area contributed by atoms with Gasteiger partial charge in [-0.05, 0) is 36.5 Å². The highest BCUT2D eigenvalue weighted by atomic mass is 16.6. The maximum absolute atomic E-state index is 11.7. The van der Waals surface area contributed by atoms with Crippen molar-refractivity contribution < 1.29 is 19.7 Å². The van der Waals surface area contributed by atoms with Gasteiger partial charge in [0.1, 0.15) is 6.10 Å². The highest BCUT2D eigenvalue weighted by Crippen LogP contribution is 2.56. The summed E-state index contributed by atoms with van der Waals surface area (Å²) >= 11 is 0. The van der Waals surface area contributed by atoms with Gasteiger partial charge in [-0.3, -0.25) is 0 Å².